The van der Waals surface area contributed by atoms with E-state index >= 15 is 0 Å². The third-order valence-electron chi connectivity index (χ3n) is 7.64. The molecule has 0 bridgehead atoms. The molecule has 0 aliphatic carbocycles. The van der Waals surface area contributed by atoms with Crippen molar-refractivity contribution in [3.8, 4) is 11.8 Å². The van der Waals surface area contributed by atoms with E-state index in [1.165, 1.54) is 0 Å². The second kappa shape index (κ2) is 11.1. The van der Waals surface area contributed by atoms with E-state index in [9.17, 15) is 13.5 Å². The Morgan fingerprint density at radius 3 is 2.46 bits per heavy atom. The topological polar surface area (TPSA) is 118 Å². The minimum atomic E-state index is -3.72. The molecule has 2 aliphatic heterocycles. The van der Waals surface area contributed by atoms with Gasteiger partial charge >= 0.3 is 6.01 Å². The lowest BCUT2D eigenvalue weighted by Gasteiger charge is -2.38. The lowest BCUT2D eigenvalue weighted by atomic mass is 9.88. The number of sulfonamides is 1. The second-order valence-electron chi connectivity index (χ2n) is 10.2. The molecule has 2 fully saturated rings. The van der Waals surface area contributed by atoms with Gasteiger partial charge in [0.05, 0.1) is 23.7 Å². The molecule has 0 saturated carbocycles. The highest BCUT2D eigenvalue weighted by Gasteiger charge is 2.38. The summed E-state index contributed by atoms with van der Waals surface area (Å²) in [7, 11) is -2.15. The van der Waals surface area contributed by atoms with E-state index < -0.39 is 15.6 Å². The first-order valence-electron chi connectivity index (χ1n) is 13.2. The van der Waals surface area contributed by atoms with Gasteiger partial charge in [0.1, 0.15) is 23.8 Å². The average Bonchev–Trinajstić information content (AvgIpc) is 3.42. The summed E-state index contributed by atoms with van der Waals surface area (Å²) < 4.78 is 40.2. The summed E-state index contributed by atoms with van der Waals surface area (Å²) in [5.74, 6) is 1.35. The minimum absolute atomic E-state index is 0.163. The molecule has 0 radical (unpaired) electrons. The summed E-state index contributed by atoms with van der Waals surface area (Å²) in [5.41, 5.74) is 1.05. The van der Waals surface area contributed by atoms with Gasteiger partial charge in [0.25, 0.3) is 0 Å². The Kier molecular flexibility index (Phi) is 7.75. The van der Waals surface area contributed by atoms with Crippen LogP contribution in [0.1, 0.15) is 42.5 Å². The van der Waals surface area contributed by atoms with Crippen LogP contribution < -0.4 is 14.4 Å². The van der Waals surface area contributed by atoms with E-state index in [-0.39, 0.29) is 18.7 Å². The largest absolute Gasteiger partial charge is 0.497 e. The lowest BCUT2D eigenvalue weighted by Crippen LogP contribution is -2.43. The zero-order valence-electron chi connectivity index (χ0n) is 22.6. The van der Waals surface area contributed by atoms with Gasteiger partial charge < -0.3 is 19.5 Å². The molecule has 39 heavy (non-hydrogen) atoms. The molecular weight excluding hydrogens is 518 g/mol. The van der Waals surface area contributed by atoms with Crippen LogP contribution in [0.3, 0.4) is 0 Å². The molecule has 4 heterocycles. The van der Waals surface area contributed by atoms with Crippen molar-refractivity contribution in [1.82, 2.24) is 19.3 Å². The number of methoxy groups -OCH3 is 1. The van der Waals surface area contributed by atoms with Gasteiger partial charge in [0.2, 0.25) is 10.0 Å². The van der Waals surface area contributed by atoms with Crippen molar-refractivity contribution in [3.63, 3.8) is 0 Å². The molecule has 0 unspecified atom stereocenters. The standard InChI is InChI=1S/C28H35N5O5S/c1-20-17-23(37-3)18-21(2)26(20)39(35,36)33-14-6-7-22(33)19-38-27-30-13-9-25(31-27)32-15-10-28(34,11-16-32)24-8-4-5-12-29-24/h4-5,8-9,12-13,17-18,22,34H,6-7,10-11,14-16,19H2,1-3H3/t22-/m0/s1. The first kappa shape index (κ1) is 27.3. The van der Waals surface area contributed by atoms with Crippen LogP contribution in [0.15, 0.2) is 53.7 Å². The molecule has 2 aliphatic rings. The van der Waals surface area contributed by atoms with Crippen LogP contribution in [0.5, 0.6) is 11.8 Å². The third kappa shape index (κ3) is 5.57. The number of aromatic nitrogens is 3. The predicted molar refractivity (Wildman–Crippen MR) is 146 cm³/mol. The van der Waals surface area contributed by atoms with Crippen LogP contribution >= 0.6 is 0 Å². The summed E-state index contributed by atoms with van der Waals surface area (Å²) in [5, 5.41) is 11.1. The van der Waals surface area contributed by atoms with E-state index in [0.29, 0.717) is 72.2 Å². The smallest absolute Gasteiger partial charge is 0.318 e. The summed E-state index contributed by atoms with van der Waals surface area (Å²) in [6, 6.07) is 10.8. The highest BCUT2D eigenvalue weighted by molar-refractivity contribution is 7.89. The fourth-order valence-electron chi connectivity index (χ4n) is 5.59. The number of benzene rings is 1. The van der Waals surface area contributed by atoms with Crippen molar-refractivity contribution in [2.24, 2.45) is 0 Å². The number of hydrogen-bond donors (Lipinski definition) is 1. The van der Waals surface area contributed by atoms with Crippen LogP contribution in [-0.4, -0.2) is 72.2 Å². The summed E-state index contributed by atoms with van der Waals surface area (Å²) >= 11 is 0. The molecule has 3 aromatic rings. The van der Waals surface area contributed by atoms with Crippen LogP contribution in [0.2, 0.25) is 0 Å². The molecule has 2 aromatic heterocycles. The van der Waals surface area contributed by atoms with Crippen molar-refractivity contribution < 1.29 is 23.0 Å². The first-order chi connectivity index (χ1) is 18.7. The zero-order valence-corrected chi connectivity index (χ0v) is 23.4. The van der Waals surface area contributed by atoms with Gasteiger partial charge in [-0.1, -0.05) is 6.07 Å². The molecule has 0 spiro atoms. The quantitative estimate of drug-likeness (QED) is 0.449. The average molecular weight is 554 g/mol. The Bertz CT molecular complexity index is 1390. The van der Waals surface area contributed by atoms with E-state index in [1.54, 1.807) is 49.8 Å². The van der Waals surface area contributed by atoms with Crippen molar-refractivity contribution in [2.45, 2.75) is 56.1 Å². The fourth-order valence-corrected chi connectivity index (χ4v) is 7.69. The SMILES string of the molecule is COc1cc(C)c(S(=O)(=O)N2CCC[C@H]2COc2nccc(N3CCC(O)(c4ccccn4)CC3)n2)c(C)c1. The molecule has 10 nitrogen and oxygen atoms in total. The maximum atomic E-state index is 13.7. The summed E-state index contributed by atoms with van der Waals surface area (Å²) in [6.07, 6.45) is 5.86. The zero-order chi connectivity index (χ0) is 27.6. The third-order valence-corrected chi connectivity index (χ3v) is 9.90. The van der Waals surface area contributed by atoms with Gasteiger partial charge in [-0.2, -0.15) is 9.29 Å². The number of rotatable bonds is 8. The summed E-state index contributed by atoms with van der Waals surface area (Å²) in [6.45, 7) is 5.41. The molecule has 0 amide bonds. The highest BCUT2D eigenvalue weighted by Crippen LogP contribution is 2.34. The normalized spacial score (nSPS) is 19.7. The Morgan fingerprint density at radius 2 is 1.79 bits per heavy atom. The van der Waals surface area contributed by atoms with Gasteiger partial charge in [-0.3, -0.25) is 4.98 Å². The Balaban J connectivity index is 1.25. The van der Waals surface area contributed by atoms with Crippen LogP contribution in [0.25, 0.3) is 0 Å². The first-order valence-corrected chi connectivity index (χ1v) is 14.7. The number of ether oxygens (including phenoxy) is 2. The number of anilines is 1. The molecule has 11 heteroatoms. The number of aliphatic hydroxyl groups is 1. The molecule has 5 rings (SSSR count). The van der Waals surface area contributed by atoms with Crippen molar-refractivity contribution in [3.05, 3.63) is 65.6 Å². The molecule has 1 aromatic carbocycles. The van der Waals surface area contributed by atoms with E-state index in [1.807, 2.05) is 24.3 Å². The van der Waals surface area contributed by atoms with Crippen LogP contribution in [0, 0.1) is 13.8 Å². The Hall–Kier alpha value is -3.28. The van der Waals surface area contributed by atoms with Gasteiger partial charge in [0.15, 0.2) is 0 Å². The molecule has 208 valence electrons. The van der Waals surface area contributed by atoms with Crippen molar-refractivity contribution >= 4 is 15.8 Å². The fraction of sp³-hybridized carbons (Fsp3) is 0.464. The number of aryl methyl sites for hydroxylation is 2. The van der Waals surface area contributed by atoms with Crippen LogP contribution in [0.4, 0.5) is 5.82 Å². The maximum absolute atomic E-state index is 13.7. The molecular formula is C28H35N5O5S. The summed E-state index contributed by atoms with van der Waals surface area (Å²) in [4.78, 5) is 15.6. The number of nitrogens with zero attached hydrogens (tertiary/aromatic N) is 5. The van der Waals surface area contributed by atoms with E-state index in [4.69, 9.17) is 9.47 Å². The molecule has 2 saturated heterocycles. The number of hydrogen-bond acceptors (Lipinski definition) is 9. The Morgan fingerprint density at radius 1 is 1.05 bits per heavy atom. The predicted octanol–water partition coefficient (Wildman–Crippen LogP) is 3.22. The van der Waals surface area contributed by atoms with Gasteiger partial charge in [-0.05, 0) is 81.0 Å². The van der Waals surface area contributed by atoms with Crippen molar-refractivity contribution in [1.29, 1.82) is 0 Å². The second-order valence-corrected chi connectivity index (χ2v) is 12.1. The van der Waals surface area contributed by atoms with Crippen LogP contribution in [-0.2, 0) is 15.6 Å². The van der Waals surface area contributed by atoms with Gasteiger partial charge in [-0.15, -0.1) is 0 Å². The van der Waals surface area contributed by atoms with E-state index in [0.717, 1.165) is 6.42 Å². The van der Waals surface area contributed by atoms with Gasteiger partial charge in [0, 0.05) is 32.0 Å². The lowest BCUT2D eigenvalue weighted by molar-refractivity contribution is 0.00748. The number of pyridine rings is 1. The number of piperidine rings is 1. The molecule has 1 atom stereocenters. The Labute approximate surface area is 229 Å². The molecule has 1 N–H and O–H groups in total. The maximum Gasteiger partial charge on any atom is 0.318 e. The monoisotopic (exact) mass is 553 g/mol. The van der Waals surface area contributed by atoms with Crippen molar-refractivity contribution in [2.75, 3.05) is 38.3 Å². The highest BCUT2D eigenvalue weighted by atomic mass is 32.2. The minimum Gasteiger partial charge on any atom is -0.497 e. The van der Waals surface area contributed by atoms with E-state index in [2.05, 4.69) is 19.9 Å². The van der Waals surface area contributed by atoms with Gasteiger partial charge in [-0.25, -0.2) is 13.4 Å².